The molecule has 0 aliphatic rings. The van der Waals surface area contributed by atoms with Crippen molar-refractivity contribution < 1.29 is 61.9 Å². The molecule has 1 amide bonds. The maximum Gasteiger partial charge on any atom is 0.257 e. The molecule has 2 heterocycles. The summed E-state index contributed by atoms with van der Waals surface area (Å²) >= 11 is 0. The molecule has 5 rings (SSSR count). The molecule has 9 heteroatoms. The highest BCUT2D eigenvalue weighted by molar-refractivity contribution is 6.08. The Labute approximate surface area is 281 Å². The van der Waals surface area contributed by atoms with Crippen LogP contribution in [0, 0.1) is 0 Å². The number of nitrogens with one attached hydrogen (secondary N) is 3. The normalized spacial score (nSPS) is 10.3. The number of anilines is 6. The van der Waals surface area contributed by atoms with Crippen molar-refractivity contribution in [2.24, 2.45) is 0 Å². The van der Waals surface area contributed by atoms with E-state index in [0.717, 1.165) is 54.1 Å². The first-order valence-electron chi connectivity index (χ1n) is 13.8. The zero-order chi connectivity index (χ0) is 27.9. The van der Waals surface area contributed by atoms with Crippen molar-refractivity contribution in [2.75, 3.05) is 21.7 Å². The Morgan fingerprint density at radius 3 is 2.05 bits per heavy atom. The van der Waals surface area contributed by atoms with E-state index in [2.05, 4.69) is 93.9 Å². The van der Waals surface area contributed by atoms with Crippen molar-refractivity contribution in [2.45, 2.75) is 39.8 Å². The lowest BCUT2D eigenvalue weighted by Gasteiger charge is -2.13. The van der Waals surface area contributed by atoms with E-state index >= 15 is 0 Å². The van der Waals surface area contributed by atoms with Crippen molar-refractivity contribution in [3.63, 3.8) is 0 Å². The van der Waals surface area contributed by atoms with E-state index in [1.165, 1.54) is 5.52 Å². The first-order valence-corrected chi connectivity index (χ1v) is 13.8. The van der Waals surface area contributed by atoms with Gasteiger partial charge in [-0.1, -0.05) is 26.0 Å². The molecule has 5 aromatic rings. The SMILES string of the molecule is CCC[n+]1ccc(Nc2ccc(NC(=O)c3ccc(Nc4cc[n+](CCC)c5ccccc45)cc3N)cc2)cc1.[I-].[I-]. The Bertz CT molecular complexity index is 1630. The fourth-order valence-corrected chi connectivity index (χ4v) is 4.78. The predicted octanol–water partition coefficient (Wildman–Crippen LogP) is 0.565. The molecule has 5 N–H and O–H groups in total. The van der Waals surface area contributed by atoms with Crippen molar-refractivity contribution in [1.29, 1.82) is 0 Å². The molecule has 0 atom stereocenters. The van der Waals surface area contributed by atoms with Crippen molar-refractivity contribution in [3.8, 4) is 0 Å². The minimum absolute atomic E-state index is 0. The standard InChI is InChI=1S/C33H34N6O.2HI/c1-3-18-38-20-15-26(16-21-38)35-24-9-11-25(12-10-24)37-33(40)28-14-13-27(23-30(28)34)36-31-17-22-39(19-4-2)32-8-6-5-7-29(31)32;;/h5-17,20-23H,3-4,18-19H2,1-2H3,(H3,34,37,40);2*1H. The molecule has 0 aliphatic carbocycles. The fraction of sp³-hybridized carbons (Fsp3) is 0.182. The number of rotatable bonds is 10. The van der Waals surface area contributed by atoms with Gasteiger partial charge in [-0.3, -0.25) is 4.79 Å². The molecule has 0 saturated heterocycles. The molecule has 2 aromatic heterocycles. The molecular formula is C33H36I2N6O. The summed E-state index contributed by atoms with van der Waals surface area (Å²) in [7, 11) is 0. The second kappa shape index (κ2) is 15.7. The van der Waals surface area contributed by atoms with E-state index in [4.69, 9.17) is 5.73 Å². The number of pyridine rings is 2. The first-order chi connectivity index (χ1) is 19.5. The van der Waals surface area contributed by atoms with Crippen molar-refractivity contribution >= 4 is 50.9 Å². The van der Waals surface area contributed by atoms with Crippen LogP contribution in [-0.4, -0.2) is 5.91 Å². The van der Waals surface area contributed by atoms with Gasteiger partial charge in [-0.25, -0.2) is 4.57 Å². The average molecular weight is 787 g/mol. The number of carbonyl (C=O) groups is 1. The van der Waals surface area contributed by atoms with Gasteiger partial charge in [0.05, 0.1) is 22.3 Å². The number of halogens is 2. The molecule has 0 aliphatic heterocycles. The first kappa shape index (κ1) is 33.1. The van der Waals surface area contributed by atoms with Crippen molar-refractivity contribution in [1.82, 2.24) is 0 Å². The summed E-state index contributed by atoms with van der Waals surface area (Å²) in [4.78, 5) is 13.0. The van der Waals surface area contributed by atoms with Crippen LogP contribution >= 0.6 is 0 Å². The fourth-order valence-electron chi connectivity index (χ4n) is 4.78. The second-order valence-electron chi connectivity index (χ2n) is 9.85. The van der Waals surface area contributed by atoms with Gasteiger partial charge in [-0.05, 0) is 48.5 Å². The van der Waals surface area contributed by atoms with Gasteiger partial charge in [0.15, 0.2) is 18.6 Å². The highest BCUT2D eigenvalue weighted by atomic mass is 127. The van der Waals surface area contributed by atoms with Gasteiger partial charge in [-0.2, -0.15) is 4.57 Å². The number of aryl methyl sites for hydroxylation is 2. The Morgan fingerprint density at radius 1 is 0.714 bits per heavy atom. The maximum atomic E-state index is 13.0. The van der Waals surface area contributed by atoms with Gasteiger partial charge in [0.2, 0.25) is 5.52 Å². The number of benzene rings is 3. The molecule has 7 nitrogen and oxygen atoms in total. The summed E-state index contributed by atoms with van der Waals surface area (Å²) in [6.45, 7) is 6.30. The summed E-state index contributed by atoms with van der Waals surface area (Å²) in [6, 6.07) is 27.6. The number of nitrogens with two attached hydrogens (primary N) is 1. The van der Waals surface area contributed by atoms with E-state index in [1.54, 1.807) is 12.1 Å². The van der Waals surface area contributed by atoms with Gasteiger partial charge in [0.25, 0.3) is 5.91 Å². The van der Waals surface area contributed by atoms with Gasteiger partial charge in [0, 0.05) is 59.9 Å². The average Bonchev–Trinajstić information content (AvgIpc) is 2.97. The number of fused-ring (bicyclic) bond motifs is 1. The van der Waals surface area contributed by atoms with Gasteiger partial charge < -0.3 is 69.6 Å². The Hall–Kier alpha value is -3.45. The summed E-state index contributed by atoms with van der Waals surface area (Å²) in [5.74, 6) is -0.251. The lowest BCUT2D eigenvalue weighted by atomic mass is 10.1. The second-order valence-corrected chi connectivity index (χ2v) is 9.85. The lowest BCUT2D eigenvalue weighted by Crippen LogP contribution is -3.00. The monoisotopic (exact) mass is 786 g/mol. The van der Waals surface area contributed by atoms with Crippen molar-refractivity contribution in [3.05, 3.63) is 109 Å². The molecule has 42 heavy (non-hydrogen) atoms. The van der Waals surface area contributed by atoms with Crippen LogP contribution in [-0.2, 0) is 13.1 Å². The molecule has 0 spiro atoms. The number of aromatic nitrogens is 2. The minimum Gasteiger partial charge on any atom is -1.00 e. The van der Waals surface area contributed by atoms with Crippen LogP contribution in [0.4, 0.5) is 34.1 Å². The highest BCUT2D eigenvalue weighted by Crippen LogP contribution is 2.27. The molecule has 3 aromatic carbocycles. The number of nitrogen functional groups attached to an aromatic ring is 1. The van der Waals surface area contributed by atoms with Gasteiger partial charge >= 0.3 is 0 Å². The van der Waals surface area contributed by atoms with Gasteiger partial charge in [-0.15, -0.1) is 0 Å². The van der Waals surface area contributed by atoms with Crippen LogP contribution in [0.2, 0.25) is 0 Å². The Balaban J connectivity index is 0.00000242. The molecular weight excluding hydrogens is 750 g/mol. The van der Waals surface area contributed by atoms with Crippen LogP contribution in [0.15, 0.2) is 104 Å². The van der Waals surface area contributed by atoms with Crippen LogP contribution in [0.1, 0.15) is 37.0 Å². The molecule has 218 valence electrons. The van der Waals surface area contributed by atoms with E-state index in [-0.39, 0.29) is 53.9 Å². The number of para-hydroxylation sites is 1. The molecule has 0 radical (unpaired) electrons. The van der Waals surface area contributed by atoms with Crippen LogP contribution in [0.25, 0.3) is 10.9 Å². The minimum atomic E-state index is -0.251. The predicted molar refractivity (Wildman–Crippen MR) is 163 cm³/mol. The number of carbonyl (C=O) groups excluding carboxylic acids is 1. The molecule has 0 saturated carbocycles. The summed E-state index contributed by atoms with van der Waals surface area (Å²) in [5.41, 5.74) is 12.8. The Morgan fingerprint density at radius 2 is 1.36 bits per heavy atom. The smallest absolute Gasteiger partial charge is 0.257 e. The van der Waals surface area contributed by atoms with E-state index in [0.29, 0.717) is 16.9 Å². The maximum absolute atomic E-state index is 13.0. The van der Waals surface area contributed by atoms with E-state index in [9.17, 15) is 4.79 Å². The summed E-state index contributed by atoms with van der Waals surface area (Å²) in [6.07, 6.45) is 8.39. The largest absolute Gasteiger partial charge is 1.00 e. The Kier molecular flexibility index (Phi) is 12.3. The summed E-state index contributed by atoms with van der Waals surface area (Å²) in [5, 5.41) is 10.9. The number of amides is 1. The third-order valence-corrected chi connectivity index (χ3v) is 6.77. The number of hydrogen-bond donors (Lipinski definition) is 4. The van der Waals surface area contributed by atoms with E-state index in [1.807, 2.05) is 36.4 Å². The zero-order valence-corrected chi connectivity index (χ0v) is 28.1. The quantitative estimate of drug-likeness (QED) is 0.0949. The molecule has 0 fully saturated rings. The number of nitrogens with zero attached hydrogens (tertiary/aromatic N) is 2. The lowest BCUT2D eigenvalue weighted by molar-refractivity contribution is -0.696. The van der Waals surface area contributed by atoms with Crippen LogP contribution < -0.4 is 78.8 Å². The molecule has 0 unspecified atom stereocenters. The van der Waals surface area contributed by atoms with Crippen LogP contribution in [0.3, 0.4) is 0 Å². The summed E-state index contributed by atoms with van der Waals surface area (Å²) < 4.78 is 4.42. The highest BCUT2D eigenvalue weighted by Gasteiger charge is 2.14. The molecule has 0 bridgehead atoms. The third-order valence-electron chi connectivity index (χ3n) is 6.77. The van der Waals surface area contributed by atoms with Gasteiger partial charge in [0.1, 0.15) is 13.1 Å². The number of hydrogen-bond acceptors (Lipinski definition) is 4. The third kappa shape index (κ3) is 8.09. The van der Waals surface area contributed by atoms with Crippen LogP contribution in [0.5, 0.6) is 0 Å². The zero-order valence-electron chi connectivity index (χ0n) is 23.8. The topological polar surface area (TPSA) is 86.9 Å². The van der Waals surface area contributed by atoms with E-state index < -0.39 is 0 Å².